The molecule has 3 rings (SSSR count). The number of H-pyrrole nitrogens is 1. The van der Waals surface area contributed by atoms with E-state index in [1.807, 2.05) is 0 Å². The number of aromatic nitrogens is 2. The van der Waals surface area contributed by atoms with E-state index < -0.39 is 5.91 Å². The lowest BCUT2D eigenvalue weighted by molar-refractivity contribution is -0.115. The number of nitrogens with zero attached hydrogens (tertiary/aromatic N) is 1. The van der Waals surface area contributed by atoms with Gasteiger partial charge in [-0.1, -0.05) is 12.0 Å². The molecule has 0 aliphatic carbocycles. The van der Waals surface area contributed by atoms with Gasteiger partial charge in [0.1, 0.15) is 0 Å². The van der Waals surface area contributed by atoms with Crippen LogP contribution in [0, 0.1) is 19.3 Å². The lowest BCUT2D eigenvalue weighted by atomic mass is 10.2. The number of hydrogen-bond acceptors (Lipinski definition) is 3. The van der Waals surface area contributed by atoms with Gasteiger partial charge in [-0.15, -0.1) is 6.42 Å². The molecule has 0 atom stereocenters. The lowest BCUT2D eigenvalue weighted by Gasteiger charge is -2.08. The number of benzene rings is 2. The SMILES string of the molecule is C#Cc1cccc(NC(=O)CNC(=O)c2ccc(-n3c(C)c[nH]c3=O)cc2)c1. The van der Waals surface area contributed by atoms with Crippen LogP contribution in [0.25, 0.3) is 5.69 Å². The molecule has 0 bridgehead atoms. The number of rotatable bonds is 5. The molecule has 0 radical (unpaired) electrons. The molecular weight excluding hydrogens is 356 g/mol. The summed E-state index contributed by atoms with van der Waals surface area (Å²) in [5.41, 5.74) is 2.75. The zero-order valence-corrected chi connectivity index (χ0v) is 15.2. The van der Waals surface area contributed by atoms with Gasteiger partial charge in [-0.25, -0.2) is 4.79 Å². The summed E-state index contributed by atoms with van der Waals surface area (Å²) < 4.78 is 1.50. The summed E-state index contributed by atoms with van der Waals surface area (Å²) in [4.78, 5) is 38.7. The van der Waals surface area contributed by atoms with Gasteiger partial charge in [0, 0.05) is 28.7 Å². The third-order valence-electron chi connectivity index (χ3n) is 4.07. The quantitative estimate of drug-likeness (QED) is 0.595. The van der Waals surface area contributed by atoms with Crippen molar-refractivity contribution in [3.8, 4) is 18.0 Å². The number of amides is 2. The fourth-order valence-corrected chi connectivity index (χ4v) is 2.69. The molecule has 28 heavy (non-hydrogen) atoms. The highest BCUT2D eigenvalue weighted by atomic mass is 16.2. The second kappa shape index (κ2) is 8.10. The van der Waals surface area contributed by atoms with E-state index >= 15 is 0 Å². The van der Waals surface area contributed by atoms with Gasteiger partial charge in [-0.2, -0.15) is 0 Å². The first-order valence-electron chi connectivity index (χ1n) is 8.50. The zero-order valence-electron chi connectivity index (χ0n) is 15.2. The Hall–Kier alpha value is -4.05. The number of anilines is 1. The Morgan fingerprint density at radius 2 is 1.93 bits per heavy atom. The van der Waals surface area contributed by atoms with Crippen LogP contribution in [0.5, 0.6) is 0 Å². The van der Waals surface area contributed by atoms with E-state index in [0.29, 0.717) is 22.5 Å². The molecule has 3 N–H and O–H groups in total. The Kier molecular flexibility index (Phi) is 5.42. The molecule has 2 aromatic carbocycles. The van der Waals surface area contributed by atoms with Crippen molar-refractivity contribution in [2.75, 3.05) is 11.9 Å². The number of hydrogen-bond donors (Lipinski definition) is 3. The van der Waals surface area contributed by atoms with Crippen LogP contribution >= 0.6 is 0 Å². The minimum absolute atomic E-state index is 0.183. The second-order valence-electron chi connectivity index (χ2n) is 6.07. The maximum absolute atomic E-state index is 12.2. The molecule has 2 amide bonds. The maximum atomic E-state index is 12.2. The highest BCUT2D eigenvalue weighted by Gasteiger charge is 2.10. The van der Waals surface area contributed by atoms with Crippen LogP contribution < -0.4 is 16.3 Å². The average Bonchev–Trinajstić information content (AvgIpc) is 3.04. The largest absolute Gasteiger partial charge is 0.343 e. The summed E-state index contributed by atoms with van der Waals surface area (Å²) in [6.45, 7) is 1.62. The van der Waals surface area contributed by atoms with Crippen LogP contribution in [0.2, 0.25) is 0 Å². The highest BCUT2D eigenvalue weighted by Crippen LogP contribution is 2.11. The van der Waals surface area contributed by atoms with Gasteiger partial charge in [0.15, 0.2) is 0 Å². The molecule has 7 nitrogen and oxygen atoms in total. The summed E-state index contributed by atoms with van der Waals surface area (Å²) in [5, 5.41) is 5.23. The van der Waals surface area contributed by atoms with Crippen molar-refractivity contribution in [1.29, 1.82) is 0 Å². The van der Waals surface area contributed by atoms with E-state index in [1.165, 1.54) is 4.57 Å². The third kappa shape index (κ3) is 4.19. The summed E-state index contributed by atoms with van der Waals surface area (Å²) in [6, 6.07) is 13.4. The molecular formula is C21H18N4O3. The van der Waals surface area contributed by atoms with E-state index in [1.54, 1.807) is 61.7 Å². The third-order valence-corrected chi connectivity index (χ3v) is 4.07. The number of aromatic amines is 1. The van der Waals surface area contributed by atoms with E-state index in [9.17, 15) is 14.4 Å². The van der Waals surface area contributed by atoms with E-state index in [2.05, 4.69) is 21.5 Å². The monoisotopic (exact) mass is 374 g/mol. The van der Waals surface area contributed by atoms with E-state index in [4.69, 9.17) is 6.42 Å². The lowest BCUT2D eigenvalue weighted by Crippen LogP contribution is -2.32. The topological polar surface area (TPSA) is 96.0 Å². The smallest absolute Gasteiger partial charge is 0.330 e. The van der Waals surface area contributed by atoms with Gasteiger partial charge >= 0.3 is 5.69 Å². The van der Waals surface area contributed by atoms with E-state index in [0.717, 1.165) is 5.69 Å². The molecule has 3 aromatic rings. The van der Waals surface area contributed by atoms with Gasteiger partial charge in [0.05, 0.1) is 12.2 Å². The molecule has 0 aliphatic heterocycles. The predicted octanol–water partition coefficient (Wildman–Crippen LogP) is 1.82. The molecule has 0 spiro atoms. The van der Waals surface area contributed by atoms with Crippen molar-refractivity contribution >= 4 is 17.5 Å². The van der Waals surface area contributed by atoms with Gasteiger partial charge in [-0.05, 0) is 49.4 Å². The van der Waals surface area contributed by atoms with E-state index in [-0.39, 0.29) is 18.1 Å². The Bertz CT molecular complexity index is 1120. The van der Waals surface area contributed by atoms with Crippen molar-refractivity contribution in [2.45, 2.75) is 6.92 Å². The number of carbonyl (C=O) groups is 2. The van der Waals surface area contributed by atoms with Crippen molar-refractivity contribution in [2.24, 2.45) is 0 Å². The van der Waals surface area contributed by atoms with Crippen LogP contribution in [0.3, 0.4) is 0 Å². The summed E-state index contributed by atoms with van der Waals surface area (Å²) >= 11 is 0. The summed E-state index contributed by atoms with van der Waals surface area (Å²) in [7, 11) is 0. The average molecular weight is 374 g/mol. The fourth-order valence-electron chi connectivity index (χ4n) is 2.69. The molecule has 0 fully saturated rings. The first-order valence-corrected chi connectivity index (χ1v) is 8.50. The molecule has 0 saturated carbocycles. The van der Waals surface area contributed by atoms with Crippen LogP contribution in [-0.4, -0.2) is 27.9 Å². The van der Waals surface area contributed by atoms with Gasteiger partial charge < -0.3 is 15.6 Å². The molecule has 1 heterocycles. The highest BCUT2D eigenvalue weighted by molar-refractivity contribution is 5.99. The molecule has 7 heteroatoms. The number of terminal acetylenes is 1. The van der Waals surface area contributed by atoms with Gasteiger partial charge in [0.2, 0.25) is 5.91 Å². The number of aryl methyl sites for hydroxylation is 1. The van der Waals surface area contributed by atoms with Crippen molar-refractivity contribution in [3.63, 3.8) is 0 Å². The minimum atomic E-state index is -0.391. The Labute approximate surface area is 161 Å². The number of imidazole rings is 1. The van der Waals surface area contributed by atoms with Crippen LogP contribution in [-0.2, 0) is 4.79 Å². The van der Waals surface area contributed by atoms with Gasteiger partial charge in [-0.3, -0.25) is 14.2 Å². The molecule has 0 unspecified atom stereocenters. The first-order chi connectivity index (χ1) is 13.5. The molecule has 0 saturated heterocycles. The summed E-state index contributed by atoms with van der Waals surface area (Å²) in [5.74, 6) is 1.73. The first kappa shape index (κ1) is 18.7. The fraction of sp³-hybridized carbons (Fsp3) is 0.0952. The van der Waals surface area contributed by atoms with Crippen LogP contribution in [0.15, 0.2) is 59.5 Å². The van der Waals surface area contributed by atoms with Crippen molar-refractivity contribution < 1.29 is 9.59 Å². The van der Waals surface area contributed by atoms with Crippen LogP contribution in [0.1, 0.15) is 21.6 Å². The molecule has 0 aliphatic rings. The Balaban J connectivity index is 1.59. The van der Waals surface area contributed by atoms with Crippen LogP contribution in [0.4, 0.5) is 5.69 Å². The minimum Gasteiger partial charge on any atom is -0.343 e. The summed E-state index contributed by atoms with van der Waals surface area (Å²) in [6.07, 6.45) is 6.94. The number of nitrogens with one attached hydrogen (secondary N) is 3. The molecule has 1 aromatic heterocycles. The van der Waals surface area contributed by atoms with Gasteiger partial charge in [0.25, 0.3) is 5.91 Å². The maximum Gasteiger partial charge on any atom is 0.330 e. The second-order valence-corrected chi connectivity index (χ2v) is 6.07. The normalized spacial score (nSPS) is 10.1. The Morgan fingerprint density at radius 1 is 1.18 bits per heavy atom. The predicted molar refractivity (Wildman–Crippen MR) is 106 cm³/mol. The zero-order chi connectivity index (χ0) is 20.1. The molecule has 140 valence electrons. The van der Waals surface area contributed by atoms with Crippen molar-refractivity contribution in [1.82, 2.24) is 14.9 Å². The van der Waals surface area contributed by atoms with Crippen molar-refractivity contribution in [3.05, 3.63) is 82.0 Å². The standard InChI is InChI=1S/C21H18N4O3/c1-3-15-5-4-6-17(11-15)24-19(26)13-22-20(27)16-7-9-18(10-8-16)25-14(2)12-23-21(25)28/h1,4-12H,13H2,2H3,(H,22,27)(H,23,28)(H,24,26). The number of carbonyl (C=O) groups excluding carboxylic acids is 2. The Morgan fingerprint density at radius 3 is 2.57 bits per heavy atom.